The Bertz CT molecular complexity index is 3620. The Morgan fingerprint density at radius 2 is 0.864 bits per heavy atom. The molecular weight excluding hydrogens is 733 g/mol. The molecule has 0 radical (unpaired) electrons. The summed E-state index contributed by atoms with van der Waals surface area (Å²) in [5, 5.41) is 12.7. The van der Waals surface area contributed by atoms with Crippen molar-refractivity contribution in [3.63, 3.8) is 0 Å². The number of hydrogen-bond acceptors (Lipinski definition) is 3. The van der Waals surface area contributed by atoms with Crippen LogP contribution in [0.4, 0.5) is 0 Å². The minimum atomic E-state index is 1.17. The van der Waals surface area contributed by atoms with E-state index in [0.717, 1.165) is 0 Å². The molecule has 0 N–H and O–H groups in total. The van der Waals surface area contributed by atoms with Gasteiger partial charge in [-0.2, -0.15) is 0 Å². The van der Waals surface area contributed by atoms with E-state index < -0.39 is 0 Å². The van der Waals surface area contributed by atoms with E-state index >= 15 is 0 Å². The lowest BCUT2D eigenvalue weighted by molar-refractivity contribution is 1.33. The fraction of sp³-hybridized carbons (Fsp3) is 0. The van der Waals surface area contributed by atoms with Crippen LogP contribution in [-0.4, -0.2) is 9.97 Å². The zero-order valence-corrected chi connectivity index (χ0v) is 32.6. The predicted molar refractivity (Wildman–Crippen MR) is 251 cm³/mol. The largest absolute Gasteiger partial charge is 0.265 e. The minimum absolute atomic E-state index is 1.17. The highest BCUT2D eigenvalue weighted by molar-refractivity contribution is 7.26. The molecular formula is C56H32N2S. The van der Waals surface area contributed by atoms with Crippen LogP contribution in [0.3, 0.4) is 0 Å². The minimum Gasteiger partial charge on any atom is -0.265 e. The van der Waals surface area contributed by atoms with Gasteiger partial charge in [0.25, 0.3) is 0 Å². The second kappa shape index (κ2) is 12.5. The van der Waals surface area contributed by atoms with Gasteiger partial charge in [-0.25, -0.2) is 0 Å². The normalized spacial score (nSPS) is 12.1. The van der Waals surface area contributed by atoms with Gasteiger partial charge < -0.3 is 0 Å². The van der Waals surface area contributed by atoms with E-state index in [0.29, 0.717) is 0 Å². The zero-order valence-electron chi connectivity index (χ0n) is 31.8. The lowest BCUT2D eigenvalue weighted by Gasteiger charge is -2.20. The van der Waals surface area contributed by atoms with Crippen LogP contribution in [0.15, 0.2) is 195 Å². The first-order valence-corrected chi connectivity index (χ1v) is 20.9. The number of nitrogens with zero attached hydrogens (tertiary/aromatic N) is 2. The van der Waals surface area contributed by atoms with Gasteiger partial charge in [-0.3, -0.25) is 9.97 Å². The van der Waals surface area contributed by atoms with Crippen molar-refractivity contribution < 1.29 is 0 Å². The Morgan fingerprint density at radius 1 is 0.305 bits per heavy atom. The molecule has 2 nitrogen and oxygen atoms in total. The highest BCUT2D eigenvalue weighted by Gasteiger charge is 2.31. The number of thiophene rings is 1. The van der Waals surface area contributed by atoms with Crippen LogP contribution in [0.1, 0.15) is 0 Å². The van der Waals surface area contributed by atoms with E-state index in [2.05, 4.69) is 180 Å². The molecule has 0 atom stereocenters. The molecule has 3 heterocycles. The van der Waals surface area contributed by atoms with E-state index in [1.165, 1.54) is 130 Å². The Balaban J connectivity index is 1.15. The molecule has 0 fully saturated rings. The van der Waals surface area contributed by atoms with Gasteiger partial charge in [0.1, 0.15) is 0 Å². The molecule has 59 heavy (non-hydrogen) atoms. The van der Waals surface area contributed by atoms with Crippen LogP contribution < -0.4 is 0 Å². The van der Waals surface area contributed by atoms with E-state index in [-0.39, 0.29) is 0 Å². The van der Waals surface area contributed by atoms with Crippen molar-refractivity contribution in [2.75, 3.05) is 0 Å². The molecule has 13 rings (SSSR count). The monoisotopic (exact) mass is 764 g/mol. The first kappa shape index (κ1) is 32.6. The molecule has 0 saturated heterocycles. The summed E-state index contributed by atoms with van der Waals surface area (Å²) in [6.45, 7) is 0. The van der Waals surface area contributed by atoms with Gasteiger partial charge in [0.15, 0.2) is 0 Å². The number of hydrogen-bond donors (Lipinski definition) is 0. The average molecular weight is 765 g/mol. The molecule has 0 unspecified atom stereocenters. The fourth-order valence-electron chi connectivity index (χ4n) is 10.1. The summed E-state index contributed by atoms with van der Waals surface area (Å²) in [6, 6.07) is 63.1. The maximum absolute atomic E-state index is 4.43. The van der Waals surface area contributed by atoms with Crippen molar-refractivity contribution in [2.24, 2.45) is 0 Å². The fourth-order valence-corrected chi connectivity index (χ4v) is 11.4. The highest BCUT2D eigenvalue weighted by Crippen LogP contribution is 2.59. The van der Waals surface area contributed by atoms with Crippen molar-refractivity contribution in [2.45, 2.75) is 0 Å². The Hall–Kier alpha value is -7.46. The second-order valence-electron chi connectivity index (χ2n) is 15.6. The molecule has 0 aliphatic heterocycles. The van der Waals surface area contributed by atoms with Crippen LogP contribution in [0, 0.1) is 0 Å². The molecule has 3 aromatic heterocycles. The Labute approximate surface area is 344 Å². The average Bonchev–Trinajstić information content (AvgIpc) is 3.85. The van der Waals surface area contributed by atoms with Crippen molar-refractivity contribution in [1.29, 1.82) is 0 Å². The Kier molecular flexibility index (Phi) is 6.92. The van der Waals surface area contributed by atoms with Crippen molar-refractivity contribution in [3.8, 4) is 66.8 Å². The molecule has 9 aromatic carbocycles. The van der Waals surface area contributed by atoms with Gasteiger partial charge >= 0.3 is 0 Å². The first-order valence-electron chi connectivity index (χ1n) is 20.1. The predicted octanol–water partition coefficient (Wildman–Crippen LogP) is 15.8. The van der Waals surface area contributed by atoms with Crippen molar-refractivity contribution >= 4 is 74.6 Å². The van der Waals surface area contributed by atoms with E-state index in [1.807, 2.05) is 36.1 Å². The third-order valence-corrected chi connectivity index (χ3v) is 13.8. The molecule has 272 valence electrons. The third-order valence-electron chi connectivity index (χ3n) is 12.6. The summed E-state index contributed by atoms with van der Waals surface area (Å²) in [4.78, 5) is 8.86. The maximum Gasteiger partial charge on any atom is 0.0434 e. The van der Waals surface area contributed by atoms with E-state index in [4.69, 9.17) is 0 Å². The number of pyridine rings is 2. The maximum atomic E-state index is 4.43. The lowest BCUT2D eigenvalue weighted by Crippen LogP contribution is -1.93. The number of fused-ring (bicyclic) bond motifs is 10. The van der Waals surface area contributed by atoms with Gasteiger partial charge in [-0.15, -0.1) is 11.3 Å². The Morgan fingerprint density at radius 3 is 1.58 bits per heavy atom. The summed E-state index contributed by atoms with van der Waals surface area (Å²) >= 11 is 1.90. The van der Waals surface area contributed by atoms with Gasteiger partial charge in [-0.1, -0.05) is 121 Å². The topological polar surface area (TPSA) is 25.8 Å². The van der Waals surface area contributed by atoms with Gasteiger partial charge in [-0.05, 0) is 153 Å². The summed E-state index contributed by atoms with van der Waals surface area (Å²) in [6.07, 6.45) is 7.65. The van der Waals surface area contributed by atoms with Crippen LogP contribution in [0.25, 0.3) is 130 Å². The highest BCUT2D eigenvalue weighted by atomic mass is 32.1. The van der Waals surface area contributed by atoms with Gasteiger partial charge in [0.05, 0.1) is 0 Å². The molecule has 3 heteroatoms. The molecule has 1 aliphatic rings. The zero-order chi connectivity index (χ0) is 38.6. The molecule has 0 spiro atoms. The molecule has 12 aromatic rings. The molecule has 0 bridgehead atoms. The first-order chi connectivity index (χ1) is 29.3. The molecule has 1 aliphatic carbocycles. The number of rotatable bonds is 4. The van der Waals surface area contributed by atoms with Gasteiger partial charge in [0.2, 0.25) is 0 Å². The van der Waals surface area contributed by atoms with E-state index in [9.17, 15) is 0 Å². The molecule has 0 saturated carbocycles. The summed E-state index contributed by atoms with van der Waals surface area (Å²) in [7, 11) is 0. The van der Waals surface area contributed by atoms with Crippen LogP contribution in [0.2, 0.25) is 0 Å². The van der Waals surface area contributed by atoms with E-state index in [1.54, 1.807) is 0 Å². The van der Waals surface area contributed by atoms with Crippen molar-refractivity contribution in [3.05, 3.63) is 195 Å². The van der Waals surface area contributed by atoms with Crippen LogP contribution in [0.5, 0.6) is 0 Å². The van der Waals surface area contributed by atoms with Crippen LogP contribution >= 0.6 is 11.3 Å². The smallest absolute Gasteiger partial charge is 0.0434 e. The third kappa shape index (κ3) is 4.68. The summed E-state index contributed by atoms with van der Waals surface area (Å²) in [5.74, 6) is 0. The lowest BCUT2D eigenvalue weighted by atomic mass is 9.83. The quantitative estimate of drug-likeness (QED) is 0.167. The standard InChI is InChI=1S/C56H32N2S/c1-2-11-37-35(10-1)30-47(39-13-4-3-12-38(37)39)36-31-48(56-49(32-36)41-14-7-8-19-50(41)59-56)40-20-21-46-53-42(40)17-9-18-45(53)54-51(33-22-26-57-27-23-33)43-15-5-6-16-44(43)52(55(46)54)34-24-28-58-29-25-34/h1-32H. The molecule has 0 amide bonds. The van der Waals surface area contributed by atoms with Crippen molar-refractivity contribution in [1.82, 2.24) is 9.97 Å². The summed E-state index contributed by atoms with van der Waals surface area (Å²) < 4.78 is 2.62. The number of benzene rings is 9. The second-order valence-corrected chi connectivity index (χ2v) is 16.6. The summed E-state index contributed by atoms with van der Waals surface area (Å²) in [5.41, 5.74) is 14.9. The van der Waals surface area contributed by atoms with Gasteiger partial charge in [0, 0.05) is 50.5 Å². The SMILES string of the molecule is c1ccc2c(c1)cc(-c1cc(-c3ccc4c5c(cccc35)-c3c-4c(-c4ccncc4)c4ccccc4c3-c3ccncc3)c3sc4ccccc4c3c1)c1ccccc12. The van der Waals surface area contributed by atoms with Crippen LogP contribution in [-0.2, 0) is 0 Å². The number of aromatic nitrogens is 2.